The van der Waals surface area contributed by atoms with Crippen LogP contribution in [0.25, 0.3) is 0 Å². The van der Waals surface area contributed by atoms with Gasteiger partial charge in [-0.05, 0) is 92.9 Å². The van der Waals surface area contributed by atoms with Crippen molar-refractivity contribution in [1.29, 1.82) is 0 Å². The average Bonchev–Trinajstić information content (AvgIpc) is 2.63. The Morgan fingerprint density at radius 1 is 0.731 bits per heavy atom. The molecular formula is C24H30N2. The number of benzene rings is 2. The van der Waals surface area contributed by atoms with Gasteiger partial charge in [0.15, 0.2) is 0 Å². The second-order valence-corrected chi connectivity index (χ2v) is 8.98. The van der Waals surface area contributed by atoms with E-state index in [0.717, 1.165) is 35.3 Å². The molecule has 26 heavy (non-hydrogen) atoms. The Kier molecular flexibility index (Phi) is 4.15. The lowest BCUT2D eigenvalue weighted by atomic mass is 9.50. The molecule has 1 atom stereocenters. The standard InChI is InChI=1S/C24H30N2/c1-16(24-19-12-17-11-18(14-19)15-20(24)13-17)25-22-9-5-6-10-23(22)26-21-7-3-2-4-8-21/h2-10,16-20,24-26H,11-15H2,1H3. The van der Waals surface area contributed by atoms with E-state index >= 15 is 0 Å². The third-order valence-corrected chi connectivity index (χ3v) is 7.24. The molecule has 4 bridgehead atoms. The van der Waals surface area contributed by atoms with Crippen LogP contribution in [0.5, 0.6) is 0 Å². The molecular weight excluding hydrogens is 316 g/mol. The van der Waals surface area contributed by atoms with Gasteiger partial charge in [-0.3, -0.25) is 0 Å². The summed E-state index contributed by atoms with van der Waals surface area (Å²) in [7, 11) is 0. The fraction of sp³-hybridized carbons (Fsp3) is 0.500. The van der Waals surface area contributed by atoms with Gasteiger partial charge in [0.1, 0.15) is 0 Å². The lowest BCUT2D eigenvalue weighted by molar-refractivity contribution is -0.0417. The molecule has 0 aromatic heterocycles. The summed E-state index contributed by atoms with van der Waals surface area (Å²) < 4.78 is 0. The molecule has 0 saturated heterocycles. The van der Waals surface area contributed by atoms with Crippen molar-refractivity contribution < 1.29 is 0 Å². The minimum atomic E-state index is 0.545. The van der Waals surface area contributed by atoms with E-state index in [1.54, 1.807) is 0 Å². The van der Waals surface area contributed by atoms with Crippen molar-refractivity contribution in [2.75, 3.05) is 10.6 Å². The molecule has 4 saturated carbocycles. The van der Waals surface area contributed by atoms with E-state index in [1.165, 1.54) is 43.5 Å². The lowest BCUT2D eigenvalue weighted by Crippen LogP contribution is -2.50. The van der Waals surface area contributed by atoms with Crippen LogP contribution in [0, 0.1) is 29.6 Å². The number of anilines is 3. The van der Waals surface area contributed by atoms with Crippen molar-refractivity contribution in [3.8, 4) is 0 Å². The van der Waals surface area contributed by atoms with Crippen molar-refractivity contribution in [2.24, 2.45) is 29.6 Å². The SMILES string of the molecule is CC(Nc1ccccc1Nc1ccccc1)C1C2CC3CC(C2)CC1C3. The van der Waals surface area contributed by atoms with Crippen LogP contribution in [-0.4, -0.2) is 6.04 Å². The first-order valence-corrected chi connectivity index (χ1v) is 10.4. The van der Waals surface area contributed by atoms with Gasteiger partial charge < -0.3 is 10.6 Å². The molecule has 4 fully saturated rings. The quantitative estimate of drug-likeness (QED) is 0.663. The van der Waals surface area contributed by atoms with Crippen LogP contribution in [-0.2, 0) is 0 Å². The summed E-state index contributed by atoms with van der Waals surface area (Å²) in [4.78, 5) is 0. The fourth-order valence-corrected chi connectivity index (χ4v) is 6.52. The Balaban J connectivity index is 1.33. The first-order chi connectivity index (χ1) is 12.8. The third-order valence-electron chi connectivity index (χ3n) is 7.24. The van der Waals surface area contributed by atoms with Crippen molar-refractivity contribution in [3.05, 3.63) is 54.6 Å². The fourth-order valence-electron chi connectivity index (χ4n) is 6.52. The molecule has 2 heteroatoms. The predicted molar refractivity (Wildman–Crippen MR) is 110 cm³/mol. The zero-order chi connectivity index (χ0) is 17.5. The molecule has 4 aliphatic carbocycles. The van der Waals surface area contributed by atoms with E-state index in [2.05, 4.69) is 72.2 Å². The molecule has 2 nitrogen and oxygen atoms in total. The Bertz CT molecular complexity index is 726. The van der Waals surface area contributed by atoms with Gasteiger partial charge in [-0.15, -0.1) is 0 Å². The van der Waals surface area contributed by atoms with Crippen molar-refractivity contribution in [3.63, 3.8) is 0 Å². The van der Waals surface area contributed by atoms with Gasteiger partial charge in [-0.1, -0.05) is 30.3 Å². The molecule has 6 rings (SSSR count). The van der Waals surface area contributed by atoms with Crippen molar-refractivity contribution in [2.45, 2.75) is 45.1 Å². The van der Waals surface area contributed by atoms with Gasteiger partial charge in [0.25, 0.3) is 0 Å². The molecule has 0 heterocycles. The van der Waals surface area contributed by atoms with E-state index < -0.39 is 0 Å². The Morgan fingerprint density at radius 2 is 1.31 bits per heavy atom. The van der Waals surface area contributed by atoms with Crippen LogP contribution in [0.2, 0.25) is 0 Å². The molecule has 0 amide bonds. The first-order valence-electron chi connectivity index (χ1n) is 10.4. The molecule has 0 spiro atoms. The van der Waals surface area contributed by atoms with Crippen molar-refractivity contribution >= 4 is 17.1 Å². The minimum absolute atomic E-state index is 0.545. The van der Waals surface area contributed by atoms with E-state index in [0.29, 0.717) is 6.04 Å². The molecule has 4 aliphatic rings. The second kappa shape index (κ2) is 6.64. The molecule has 2 aromatic carbocycles. The highest BCUT2D eigenvalue weighted by atomic mass is 15.0. The normalized spacial score (nSPS) is 33.0. The number of para-hydroxylation sites is 3. The summed E-state index contributed by atoms with van der Waals surface area (Å²) in [6, 6.07) is 19.7. The Hall–Kier alpha value is -1.96. The number of hydrogen-bond donors (Lipinski definition) is 2. The summed E-state index contributed by atoms with van der Waals surface area (Å²) in [6.45, 7) is 2.42. The van der Waals surface area contributed by atoms with Gasteiger partial charge in [0, 0.05) is 11.7 Å². The predicted octanol–water partition coefficient (Wildman–Crippen LogP) is 6.30. The smallest absolute Gasteiger partial charge is 0.0620 e. The van der Waals surface area contributed by atoms with E-state index in [1.807, 2.05) is 0 Å². The zero-order valence-corrected chi connectivity index (χ0v) is 15.7. The lowest BCUT2D eigenvalue weighted by Gasteiger charge is -2.56. The highest BCUT2D eigenvalue weighted by Crippen LogP contribution is 2.57. The third kappa shape index (κ3) is 3.00. The highest BCUT2D eigenvalue weighted by molar-refractivity contribution is 5.74. The summed E-state index contributed by atoms with van der Waals surface area (Å²) in [6.07, 6.45) is 7.51. The number of rotatable bonds is 5. The molecule has 136 valence electrons. The Labute approximate surface area is 157 Å². The van der Waals surface area contributed by atoms with Gasteiger partial charge in [0.05, 0.1) is 11.4 Å². The van der Waals surface area contributed by atoms with Gasteiger partial charge >= 0.3 is 0 Å². The maximum Gasteiger partial charge on any atom is 0.0620 e. The number of nitrogens with one attached hydrogen (secondary N) is 2. The van der Waals surface area contributed by atoms with E-state index in [4.69, 9.17) is 0 Å². The molecule has 1 unspecified atom stereocenters. The topological polar surface area (TPSA) is 24.1 Å². The molecule has 0 radical (unpaired) electrons. The largest absolute Gasteiger partial charge is 0.381 e. The zero-order valence-electron chi connectivity index (χ0n) is 15.7. The van der Waals surface area contributed by atoms with Crippen LogP contribution >= 0.6 is 0 Å². The van der Waals surface area contributed by atoms with Crippen LogP contribution < -0.4 is 10.6 Å². The van der Waals surface area contributed by atoms with E-state index in [-0.39, 0.29) is 0 Å². The summed E-state index contributed by atoms with van der Waals surface area (Å²) >= 11 is 0. The maximum atomic E-state index is 3.90. The number of hydrogen-bond acceptors (Lipinski definition) is 2. The summed E-state index contributed by atoms with van der Waals surface area (Å²) in [5.41, 5.74) is 3.55. The van der Waals surface area contributed by atoms with Gasteiger partial charge in [-0.2, -0.15) is 0 Å². The van der Waals surface area contributed by atoms with Gasteiger partial charge in [-0.25, -0.2) is 0 Å². The maximum absolute atomic E-state index is 3.90. The Morgan fingerprint density at radius 3 is 1.96 bits per heavy atom. The van der Waals surface area contributed by atoms with Crippen LogP contribution in [0.3, 0.4) is 0 Å². The average molecular weight is 347 g/mol. The molecule has 2 N–H and O–H groups in total. The highest BCUT2D eigenvalue weighted by Gasteiger charge is 2.49. The van der Waals surface area contributed by atoms with Crippen LogP contribution in [0.4, 0.5) is 17.1 Å². The first kappa shape index (κ1) is 16.2. The van der Waals surface area contributed by atoms with Gasteiger partial charge in [0.2, 0.25) is 0 Å². The molecule has 2 aromatic rings. The van der Waals surface area contributed by atoms with E-state index in [9.17, 15) is 0 Å². The molecule has 0 aliphatic heterocycles. The summed E-state index contributed by atoms with van der Waals surface area (Å²) in [5.74, 6) is 4.87. The van der Waals surface area contributed by atoms with Crippen molar-refractivity contribution in [1.82, 2.24) is 0 Å². The van der Waals surface area contributed by atoms with Crippen LogP contribution in [0.1, 0.15) is 39.0 Å². The summed E-state index contributed by atoms with van der Waals surface area (Å²) in [5, 5.41) is 7.48. The van der Waals surface area contributed by atoms with Crippen LogP contribution in [0.15, 0.2) is 54.6 Å². The minimum Gasteiger partial charge on any atom is -0.381 e. The second-order valence-electron chi connectivity index (χ2n) is 8.98. The monoisotopic (exact) mass is 346 g/mol.